The van der Waals surface area contributed by atoms with Crippen LogP contribution in [0.25, 0.3) is 0 Å². The fourth-order valence-corrected chi connectivity index (χ4v) is 4.81. The van der Waals surface area contributed by atoms with Crippen molar-refractivity contribution >= 4 is 24.1 Å². The second-order valence-electron chi connectivity index (χ2n) is 9.86. The van der Waals surface area contributed by atoms with Crippen molar-refractivity contribution in [1.82, 2.24) is 10.6 Å². The number of hydrogen-bond acceptors (Lipinski definition) is 5. The minimum absolute atomic E-state index is 0.0213. The Morgan fingerprint density at radius 3 is 2.00 bits per heavy atom. The Balaban J connectivity index is 0.000000427. The monoisotopic (exact) mass is 522 g/mol. The molecule has 2 aromatic carbocycles. The molecule has 204 valence electrons. The number of hydrogen-bond donors (Lipinski definition) is 3. The highest BCUT2D eigenvalue weighted by Crippen LogP contribution is 2.28. The molecule has 0 aliphatic heterocycles. The zero-order valence-electron chi connectivity index (χ0n) is 21.8. The summed E-state index contributed by atoms with van der Waals surface area (Å²) in [4.78, 5) is 45.4. The molecule has 2 aromatic rings. The van der Waals surface area contributed by atoms with E-state index >= 15 is 0 Å². The fraction of sp³-hybridized carbons (Fsp3) is 0.467. The Kier molecular flexibility index (Phi) is 11.8. The molecular weight excluding hydrogens is 484 g/mol. The molecule has 8 nitrogen and oxygen atoms in total. The van der Waals surface area contributed by atoms with Gasteiger partial charge >= 0.3 is 5.97 Å². The smallest absolute Gasteiger partial charge is 0.306 e. The Bertz CT molecular complexity index is 1030. The van der Waals surface area contributed by atoms with Gasteiger partial charge in [0, 0.05) is 30.1 Å². The lowest BCUT2D eigenvalue weighted by Gasteiger charge is -2.26. The van der Waals surface area contributed by atoms with Gasteiger partial charge in [-0.15, -0.1) is 0 Å². The summed E-state index contributed by atoms with van der Waals surface area (Å²) >= 11 is 0. The van der Waals surface area contributed by atoms with Crippen molar-refractivity contribution in [2.75, 3.05) is 13.1 Å². The molecule has 0 atom stereocenters. The number of rotatable bonds is 9. The third kappa shape index (κ3) is 9.65. The average molecular weight is 523 g/mol. The summed E-state index contributed by atoms with van der Waals surface area (Å²) in [5, 5.41) is 14.8. The molecule has 4 rings (SSSR count). The summed E-state index contributed by atoms with van der Waals surface area (Å²) in [7, 11) is 0. The topological polar surface area (TPSA) is 122 Å². The molecule has 8 heteroatoms. The third-order valence-electron chi connectivity index (χ3n) is 7.06. The zero-order chi connectivity index (χ0) is 27.2. The number of amides is 2. The summed E-state index contributed by atoms with van der Waals surface area (Å²) in [5.74, 6) is -0.259. The van der Waals surface area contributed by atoms with Crippen LogP contribution in [0.4, 0.5) is 0 Å². The quantitative estimate of drug-likeness (QED) is 0.326. The van der Waals surface area contributed by atoms with Gasteiger partial charge in [-0.25, -0.2) is 0 Å². The van der Waals surface area contributed by atoms with Crippen LogP contribution in [0.15, 0.2) is 54.6 Å². The van der Waals surface area contributed by atoms with Crippen molar-refractivity contribution in [2.24, 2.45) is 11.8 Å². The number of carbonyl (C=O) groups excluding carboxylic acids is 3. The molecule has 0 saturated heterocycles. The van der Waals surface area contributed by atoms with Crippen molar-refractivity contribution in [2.45, 2.75) is 63.9 Å². The molecule has 2 amide bonds. The first-order chi connectivity index (χ1) is 18.5. The fourth-order valence-electron chi connectivity index (χ4n) is 4.81. The van der Waals surface area contributed by atoms with Gasteiger partial charge in [-0.05, 0) is 62.8 Å². The minimum Gasteiger partial charge on any atom is -0.490 e. The zero-order valence-corrected chi connectivity index (χ0v) is 21.8. The van der Waals surface area contributed by atoms with Crippen LogP contribution in [0.1, 0.15) is 78.5 Å². The number of aliphatic carboxylic acids is 1. The van der Waals surface area contributed by atoms with E-state index in [2.05, 4.69) is 10.6 Å². The summed E-state index contributed by atoms with van der Waals surface area (Å²) < 4.78 is 5.93. The normalized spacial score (nSPS) is 19.3. The minimum atomic E-state index is -0.725. The van der Waals surface area contributed by atoms with Crippen LogP contribution < -0.4 is 15.4 Å². The van der Waals surface area contributed by atoms with E-state index in [1.54, 1.807) is 36.4 Å². The van der Waals surface area contributed by atoms with E-state index in [-0.39, 0.29) is 29.8 Å². The first-order valence-electron chi connectivity index (χ1n) is 13.5. The van der Waals surface area contributed by atoms with Crippen LogP contribution >= 0.6 is 0 Å². The molecule has 0 spiro atoms. The van der Waals surface area contributed by atoms with Crippen molar-refractivity contribution in [3.63, 3.8) is 0 Å². The van der Waals surface area contributed by atoms with Gasteiger partial charge in [0.05, 0.1) is 12.0 Å². The van der Waals surface area contributed by atoms with E-state index in [0.717, 1.165) is 50.4 Å². The van der Waals surface area contributed by atoms with Crippen LogP contribution in [0.5, 0.6) is 5.75 Å². The SMILES string of the molecule is O=C(NCCNC(=O)C1CCCCC1)c1ccc(OC2CCC(C(=O)O)CC2)cc1.O=Cc1ccccc1. The van der Waals surface area contributed by atoms with Crippen LogP contribution in [-0.4, -0.2) is 48.4 Å². The van der Waals surface area contributed by atoms with Crippen molar-refractivity contribution in [3.8, 4) is 5.75 Å². The van der Waals surface area contributed by atoms with Crippen LogP contribution in [0.2, 0.25) is 0 Å². The number of carbonyl (C=O) groups is 4. The highest BCUT2D eigenvalue weighted by atomic mass is 16.5. The Labute approximate surface area is 224 Å². The van der Waals surface area contributed by atoms with Crippen LogP contribution in [-0.2, 0) is 9.59 Å². The maximum Gasteiger partial charge on any atom is 0.306 e. The first-order valence-corrected chi connectivity index (χ1v) is 13.5. The first kappa shape index (κ1) is 28.9. The molecule has 0 heterocycles. The molecular formula is C30H38N2O6. The van der Waals surface area contributed by atoms with Gasteiger partial charge in [-0.1, -0.05) is 49.6 Å². The summed E-state index contributed by atoms with van der Waals surface area (Å²) in [6, 6.07) is 16.1. The number of benzene rings is 2. The largest absolute Gasteiger partial charge is 0.490 e. The molecule has 2 saturated carbocycles. The molecule has 2 fully saturated rings. The van der Waals surface area contributed by atoms with Crippen LogP contribution in [0, 0.1) is 11.8 Å². The predicted octanol–water partition coefficient (Wildman–Crippen LogP) is 4.63. The summed E-state index contributed by atoms with van der Waals surface area (Å²) in [5.41, 5.74) is 1.27. The second-order valence-corrected chi connectivity index (χ2v) is 9.86. The van der Waals surface area contributed by atoms with E-state index in [0.29, 0.717) is 37.2 Å². The lowest BCUT2D eigenvalue weighted by molar-refractivity contribution is -0.143. The van der Waals surface area contributed by atoms with E-state index in [9.17, 15) is 19.2 Å². The van der Waals surface area contributed by atoms with Gasteiger partial charge in [0.1, 0.15) is 12.0 Å². The van der Waals surface area contributed by atoms with Crippen molar-refractivity contribution < 1.29 is 29.0 Å². The molecule has 38 heavy (non-hydrogen) atoms. The molecule has 2 aliphatic rings. The molecule has 0 radical (unpaired) electrons. The molecule has 0 bridgehead atoms. The predicted molar refractivity (Wildman–Crippen MR) is 144 cm³/mol. The summed E-state index contributed by atoms with van der Waals surface area (Å²) in [6.07, 6.45) is 8.98. The summed E-state index contributed by atoms with van der Waals surface area (Å²) in [6.45, 7) is 0.823. The van der Waals surface area contributed by atoms with E-state index in [1.165, 1.54) is 6.42 Å². The molecule has 2 aliphatic carbocycles. The van der Waals surface area contributed by atoms with Gasteiger partial charge in [0.2, 0.25) is 5.91 Å². The number of aldehydes is 1. The van der Waals surface area contributed by atoms with Gasteiger partial charge in [0.15, 0.2) is 0 Å². The maximum absolute atomic E-state index is 12.3. The van der Waals surface area contributed by atoms with Gasteiger partial charge in [-0.3, -0.25) is 19.2 Å². The Morgan fingerprint density at radius 1 is 0.789 bits per heavy atom. The van der Waals surface area contributed by atoms with E-state index in [4.69, 9.17) is 9.84 Å². The average Bonchev–Trinajstić information content (AvgIpc) is 2.97. The lowest BCUT2D eigenvalue weighted by atomic mass is 9.87. The number of ether oxygens (including phenoxy) is 1. The molecule has 0 aromatic heterocycles. The van der Waals surface area contributed by atoms with Crippen molar-refractivity contribution in [1.29, 1.82) is 0 Å². The van der Waals surface area contributed by atoms with Gasteiger partial charge in [0.25, 0.3) is 5.91 Å². The van der Waals surface area contributed by atoms with Gasteiger partial charge < -0.3 is 20.5 Å². The van der Waals surface area contributed by atoms with E-state index in [1.807, 2.05) is 18.2 Å². The maximum atomic E-state index is 12.3. The number of carboxylic acid groups (broad SMARTS) is 1. The highest BCUT2D eigenvalue weighted by molar-refractivity contribution is 5.94. The lowest BCUT2D eigenvalue weighted by Crippen LogP contribution is -2.38. The number of carboxylic acids is 1. The third-order valence-corrected chi connectivity index (χ3v) is 7.06. The molecule has 0 unspecified atom stereocenters. The molecule has 3 N–H and O–H groups in total. The van der Waals surface area contributed by atoms with Crippen molar-refractivity contribution in [3.05, 3.63) is 65.7 Å². The Hall–Kier alpha value is -3.68. The number of nitrogens with one attached hydrogen (secondary N) is 2. The Morgan fingerprint density at radius 2 is 1.42 bits per heavy atom. The standard InChI is InChI=1S/C23H32N2O5.C7H6O/c26-21(16-4-2-1-3-5-16)24-14-15-25-22(27)17-6-10-19(11-7-17)30-20-12-8-18(9-13-20)23(28)29;8-6-7-4-2-1-3-5-7/h6-7,10-11,16,18,20H,1-5,8-9,12-15H2,(H,24,26)(H,25,27)(H,28,29);1-6H. The van der Waals surface area contributed by atoms with Crippen LogP contribution in [0.3, 0.4) is 0 Å². The highest BCUT2D eigenvalue weighted by Gasteiger charge is 2.27. The van der Waals surface area contributed by atoms with E-state index < -0.39 is 5.97 Å². The van der Waals surface area contributed by atoms with Gasteiger partial charge in [-0.2, -0.15) is 0 Å². The second kappa shape index (κ2) is 15.5.